The number of aliphatic hydroxyl groups is 1. The maximum Gasteiger partial charge on any atom is 0.264 e. The van der Waals surface area contributed by atoms with Gasteiger partial charge in [-0.2, -0.15) is 0 Å². The molecule has 3 aromatic carbocycles. The van der Waals surface area contributed by atoms with Gasteiger partial charge in [-0.25, -0.2) is 4.39 Å². The normalized spacial score (nSPS) is 25.4. The summed E-state index contributed by atoms with van der Waals surface area (Å²) in [5.74, 6) is -1.46. The van der Waals surface area contributed by atoms with Gasteiger partial charge in [0.15, 0.2) is 5.60 Å². The maximum absolute atomic E-state index is 16.0. The molecular weight excluding hydrogens is 601 g/mol. The minimum Gasteiger partial charge on any atom is -0.497 e. The summed E-state index contributed by atoms with van der Waals surface area (Å²) in [6.07, 6.45) is 0.602. The van der Waals surface area contributed by atoms with Crippen LogP contribution in [0.3, 0.4) is 0 Å². The van der Waals surface area contributed by atoms with Crippen LogP contribution in [-0.4, -0.2) is 65.8 Å². The number of nitrogens with zero attached hydrogens (tertiary/aromatic N) is 2. The van der Waals surface area contributed by atoms with E-state index in [4.69, 9.17) is 9.47 Å². The number of benzene rings is 3. The summed E-state index contributed by atoms with van der Waals surface area (Å²) in [6.45, 7) is 5.42. The molecule has 0 bridgehead atoms. The standard InChI is InChI=1S/C37H42FN3O6/c1-23-33(36(2,3)38)31(20-32(43)40-18-8-11-27(40)22-42)47-37(23)29-12-5-6-13-30(29)41(35(37)45)21-24-9-7-10-26(19-24)39-34(44)25-14-16-28(46-4)17-15-25/h5-7,9-10,12-17,19,23,27,31,33,42H,8,11,18,20-22H2,1-4H3,(H,39,44)/t23-,27-,31+,33-,37+/m0/s1. The van der Waals surface area contributed by atoms with Crippen LogP contribution in [0.4, 0.5) is 15.8 Å². The second kappa shape index (κ2) is 12.7. The van der Waals surface area contributed by atoms with Crippen molar-refractivity contribution >= 4 is 29.1 Å². The Labute approximate surface area is 274 Å². The van der Waals surface area contributed by atoms with Crippen LogP contribution in [0.15, 0.2) is 72.8 Å². The second-order valence-corrected chi connectivity index (χ2v) is 13.3. The van der Waals surface area contributed by atoms with E-state index >= 15 is 4.39 Å². The number of carbonyl (C=O) groups excluding carboxylic acids is 3. The SMILES string of the molecule is COc1ccc(C(=O)Nc2cccc(CN3C(=O)[C@]4(O[C@H](CC(=O)N5CCC[C@H]5CO)[C@@H](C(C)(C)F)[C@@H]4C)c4ccccc43)c2)cc1. The summed E-state index contributed by atoms with van der Waals surface area (Å²) in [4.78, 5) is 44.4. The summed E-state index contributed by atoms with van der Waals surface area (Å²) in [5, 5.41) is 12.7. The number of anilines is 2. The Kier molecular flexibility index (Phi) is 8.84. The first kappa shape index (κ1) is 32.7. The smallest absolute Gasteiger partial charge is 0.264 e. The van der Waals surface area contributed by atoms with Gasteiger partial charge in [0, 0.05) is 35.2 Å². The number of rotatable bonds is 9. The van der Waals surface area contributed by atoms with Gasteiger partial charge in [-0.3, -0.25) is 14.4 Å². The molecule has 3 heterocycles. The molecule has 5 atom stereocenters. The number of alkyl halides is 1. The summed E-state index contributed by atoms with van der Waals surface area (Å²) in [6, 6.07) is 21.3. The molecule has 0 unspecified atom stereocenters. The van der Waals surface area contributed by atoms with Gasteiger partial charge >= 0.3 is 0 Å². The van der Waals surface area contributed by atoms with E-state index in [1.807, 2.05) is 49.4 Å². The van der Waals surface area contributed by atoms with Gasteiger partial charge in [-0.05, 0) is 74.7 Å². The first-order valence-corrected chi connectivity index (χ1v) is 16.2. The highest BCUT2D eigenvalue weighted by atomic mass is 19.1. The van der Waals surface area contributed by atoms with Crippen molar-refractivity contribution in [2.45, 2.75) is 70.0 Å². The van der Waals surface area contributed by atoms with Crippen LogP contribution in [0, 0.1) is 11.8 Å². The Balaban J connectivity index is 1.27. The van der Waals surface area contributed by atoms with E-state index in [0.29, 0.717) is 34.8 Å². The lowest BCUT2D eigenvalue weighted by Crippen LogP contribution is -2.45. The molecule has 2 N–H and O–H groups in total. The van der Waals surface area contributed by atoms with E-state index in [0.717, 1.165) is 18.4 Å². The molecule has 47 heavy (non-hydrogen) atoms. The van der Waals surface area contributed by atoms with Crippen molar-refractivity contribution in [3.05, 3.63) is 89.5 Å². The van der Waals surface area contributed by atoms with Crippen molar-refractivity contribution in [1.29, 1.82) is 0 Å². The van der Waals surface area contributed by atoms with Crippen LogP contribution >= 0.6 is 0 Å². The molecule has 0 aromatic heterocycles. The lowest BCUT2D eigenvalue weighted by molar-refractivity contribution is -0.150. The molecule has 0 saturated carbocycles. The third kappa shape index (κ3) is 5.89. The molecule has 3 aromatic rings. The highest BCUT2D eigenvalue weighted by Crippen LogP contribution is 2.58. The van der Waals surface area contributed by atoms with Gasteiger partial charge in [0.25, 0.3) is 11.8 Å². The van der Waals surface area contributed by atoms with Gasteiger partial charge in [0.1, 0.15) is 11.4 Å². The zero-order valence-corrected chi connectivity index (χ0v) is 27.2. The average molecular weight is 644 g/mol. The van der Waals surface area contributed by atoms with E-state index in [1.165, 1.54) is 13.8 Å². The minimum absolute atomic E-state index is 0.0774. The molecule has 3 aliphatic heterocycles. The first-order valence-electron chi connectivity index (χ1n) is 16.2. The Hall–Kier alpha value is -4.28. The number of para-hydroxylation sites is 1. The van der Waals surface area contributed by atoms with E-state index in [9.17, 15) is 19.5 Å². The van der Waals surface area contributed by atoms with Crippen molar-refractivity contribution in [1.82, 2.24) is 4.90 Å². The zero-order chi connectivity index (χ0) is 33.5. The fourth-order valence-electron chi connectivity index (χ4n) is 7.88. The van der Waals surface area contributed by atoms with E-state index in [1.54, 1.807) is 47.2 Å². The number of methoxy groups -OCH3 is 1. The summed E-state index contributed by atoms with van der Waals surface area (Å²) < 4.78 is 27.9. The molecule has 1 spiro atoms. The molecule has 6 rings (SSSR count). The van der Waals surface area contributed by atoms with E-state index in [2.05, 4.69) is 5.32 Å². The lowest BCUT2D eigenvalue weighted by atomic mass is 9.71. The predicted octanol–water partition coefficient (Wildman–Crippen LogP) is 5.46. The number of hydrogen-bond donors (Lipinski definition) is 2. The molecule has 0 radical (unpaired) electrons. The fourth-order valence-corrected chi connectivity index (χ4v) is 7.88. The number of hydrogen-bond acceptors (Lipinski definition) is 6. The van der Waals surface area contributed by atoms with Crippen molar-refractivity contribution < 1.29 is 33.4 Å². The molecule has 2 saturated heterocycles. The van der Waals surface area contributed by atoms with Crippen LogP contribution in [-0.2, 0) is 26.5 Å². The number of amides is 3. The molecule has 10 heteroatoms. The number of ether oxygens (including phenoxy) is 2. The summed E-state index contributed by atoms with van der Waals surface area (Å²) in [7, 11) is 1.56. The number of fused-ring (bicyclic) bond motifs is 2. The Bertz CT molecular complexity index is 1660. The predicted molar refractivity (Wildman–Crippen MR) is 176 cm³/mol. The van der Waals surface area contributed by atoms with E-state index < -0.39 is 29.2 Å². The third-order valence-electron chi connectivity index (χ3n) is 10.0. The van der Waals surface area contributed by atoms with Crippen LogP contribution < -0.4 is 15.0 Å². The van der Waals surface area contributed by atoms with Crippen LogP contribution in [0.2, 0.25) is 0 Å². The molecule has 0 aliphatic carbocycles. The second-order valence-electron chi connectivity index (χ2n) is 13.3. The number of nitrogens with one attached hydrogen (secondary N) is 1. The largest absolute Gasteiger partial charge is 0.497 e. The lowest BCUT2D eigenvalue weighted by Gasteiger charge is -2.32. The van der Waals surface area contributed by atoms with Crippen LogP contribution in [0.25, 0.3) is 0 Å². The van der Waals surface area contributed by atoms with Gasteiger partial charge < -0.3 is 29.7 Å². The number of aliphatic hydroxyl groups excluding tert-OH is 1. The van der Waals surface area contributed by atoms with E-state index in [-0.39, 0.29) is 43.3 Å². The molecule has 3 aliphatic rings. The number of likely N-dealkylation sites (tertiary alicyclic amines) is 1. The number of carbonyl (C=O) groups is 3. The topological polar surface area (TPSA) is 108 Å². The maximum atomic E-state index is 16.0. The zero-order valence-electron chi connectivity index (χ0n) is 27.2. The minimum atomic E-state index is -1.74. The monoisotopic (exact) mass is 643 g/mol. The molecular formula is C37H42FN3O6. The Morgan fingerprint density at radius 2 is 1.85 bits per heavy atom. The summed E-state index contributed by atoms with van der Waals surface area (Å²) in [5.41, 5.74) is -0.0692. The molecule has 248 valence electrons. The van der Waals surface area contributed by atoms with Crippen molar-refractivity contribution in [3.63, 3.8) is 0 Å². The number of halogens is 1. The van der Waals surface area contributed by atoms with Crippen LogP contribution in [0.5, 0.6) is 5.75 Å². The van der Waals surface area contributed by atoms with Gasteiger partial charge in [0.2, 0.25) is 5.91 Å². The third-order valence-corrected chi connectivity index (χ3v) is 10.0. The Morgan fingerprint density at radius 3 is 2.55 bits per heavy atom. The Morgan fingerprint density at radius 1 is 1.11 bits per heavy atom. The van der Waals surface area contributed by atoms with Gasteiger partial charge in [-0.1, -0.05) is 37.3 Å². The fraction of sp³-hybridized carbons (Fsp3) is 0.432. The van der Waals surface area contributed by atoms with Crippen LogP contribution in [0.1, 0.15) is 61.5 Å². The van der Waals surface area contributed by atoms with Crippen molar-refractivity contribution in [2.24, 2.45) is 11.8 Å². The summed E-state index contributed by atoms with van der Waals surface area (Å²) >= 11 is 0. The van der Waals surface area contributed by atoms with Crippen molar-refractivity contribution in [3.8, 4) is 5.75 Å². The molecule has 9 nitrogen and oxygen atoms in total. The molecule has 3 amide bonds. The first-order chi connectivity index (χ1) is 22.5. The van der Waals surface area contributed by atoms with Gasteiger partial charge in [-0.15, -0.1) is 0 Å². The molecule has 2 fully saturated rings. The highest BCUT2D eigenvalue weighted by molar-refractivity contribution is 6.08. The van der Waals surface area contributed by atoms with Crippen molar-refractivity contribution in [2.75, 3.05) is 30.5 Å². The van der Waals surface area contributed by atoms with Gasteiger partial charge in [0.05, 0.1) is 44.5 Å². The quantitative estimate of drug-likeness (QED) is 0.321. The average Bonchev–Trinajstić information content (AvgIpc) is 3.72. The highest BCUT2D eigenvalue weighted by Gasteiger charge is 2.66.